The van der Waals surface area contributed by atoms with Crippen LogP contribution in [-0.4, -0.2) is 52.2 Å². The summed E-state index contributed by atoms with van der Waals surface area (Å²) < 4.78 is -0.0590. The fourth-order valence-corrected chi connectivity index (χ4v) is 1.80. The molecule has 7 nitrogen and oxygen atoms in total. The zero-order chi connectivity index (χ0) is 12.0. The van der Waals surface area contributed by atoms with E-state index in [1.165, 1.54) is 6.20 Å². The third kappa shape index (κ3) is 2.85. The fourth-order valence-electron chi connectivity index (χ4n) is 1.52. The van der Waals surface area contributed by atoms with Crippen LogP contribution in [0.4, 0.5) is 0 Å². The lowest BCUT2D eigenvalue weighted by molar-refractivity contribution is -0.825. The Labute approximate surface area is 101 Å². The summed E-state index contributed by atoms with van der Waals surface area (Å²) in [4.78, 5) is 14.0. The van der Waals surface area contributed by atoms with Crippen molar-refractivity contribution in [2.24, 2.45) is 4.99 Å². The van der Waals surface area contributed by atoms with Gasteiger partial charge in [-0.05, 0) is 0 Å². The van der Waals surface area contributed by atoms with Crippen molar-refractivity contribution in [2.75, 3.05) is 31.7 Å². The number of hydrogen-bond donors (Lipinski definition) is 2. The number of halogens is 1. The van der Waals surface area contributed by atoms with Crippen molar-refractivity contribution in [1.82, 2.24) is 5.32 Å². The van der Waals surface area contributed by atoms with Gasteiger partial charge < -0.3 is 15.2 Å². The number of aliphatic hydroxyl groups excluding tert-OH is 1. The van der Waals surface area contributed by atoms with Gasteiger partial charge in [0, 0.05) is 21.8 Å². The van der Waals surface area contributed by atoms with E-state index < -0.39 is 4.92 Å². The molecule has 16 heavy (non-hydrogen) atoms. The largest absolute Gasteiger partial charge is 0.544 e. The average molecular weight is 294 g/mol. The highest BCUT2D eigenvalue weighted by Gasteiger charge is 2.44. The van der Waals surface area contributed by atoms with Crippen LogP contribution in [0.25, 0.3) is 0 Å². The Bertz CT molecular complexity index is 320. The van der Waals surface area contributed by atoms with Crippen LogP contribution in [-0.2, 0) is 0 Å². The minimum atomic E-state index is -0.508. The summed E-state index contributed by atoms with van der Waals surface area (Å²) in [6.07, 6.45) is 3.03. The number of hydrogen-bond acceptors (Lipinski definition) is 5. The summed E-state index contributed by atoms with van der Waals surface area (Å²) in [5.74, 6) is -0.156. The maximum Gasteiger partial charge on any atom is 0.544 e. The number of quaternary nitrogens is 1. The highest BCUT2D eigenvalue weighted by Crippen LogP contribution is 2.15. The third-order valence-electron chi connectivity index (χ3n) is 2.27. The van der Waals surface area contributed by atoms with E-state index in [9.17, 15) is 10.1 Å². The van der Waals surface area contributed by atoms with Gasteiger partial charge in [-0.2, -0.15) is 4.48 Å². The second-order valence-corrected chi connectivity index (χ2v) is 4.11. The molecule has 0 aromatic rings. The Balaban J connectivity index is 2.75. The molecule has 1 aliphatic heterocycles. The molecule has 0 saturated carbocycles. The van der Waals surface area contributed by atoms with Crippen LogP contribution < -0.4 is 5.32 Å². The van der Waals surface area contributed by atoms with Crippen LogP contribution in [0.1, 0.15) is 0 Å². The second kappa shape index (κ2) is 6.04. The van der Waals surface area contributed by atoms with Gasteiger partial charge in [0.25, 0.3) is 0 Å². The van der Waals surface area contributed by atoms with Crippen molar-refractivity contribution in [3.8, 4) is 0 Å². The predicted octanol–water partition coefficient (Wildman–Crippen LogP) is -0.145. The lowest BCUT2D eigenvalue weighted by Gasteiger charge is -2.25. The van der Waals surface area contributed by atoms with Crippen molar-refractivity contribution < 1.29 is 14.5 Å². The number of guanidine groups is 1. The van der Waals surface area contributed by atoms with Gasteiger partial charge in [-0.25, -0.2) is 0 Å². The zero-order valence-corrected chi connectivity index (χ0v) is 10.3. The molecule has 1 rings (SSSR count). The number of nitrogens with one attached hydrogen (secondary N) is 1. The Morgan fingerprint density at radius 2 is 2.44 bits per heavy atom. The van der Waals surface area contributed by atoms with Crippen LogP contribution in [0, 0.1) is 10.1 Å². The summed E-state index contributed by atoms with van der Waals surface area (Å²) >= 11 is 3.26. The standard InChI is InChI=1S/C8H14BrN4O3/c9-1-2-10-7-13(5-6-14)4-3-11-8(13)12(15)16/h3-4,10,14H,1-2,5-7H2/q+1/t13-/m1/s1. The predicted molar refractivity (Wildman–Crippen MR) is 62.4 cm³/mol. The number of aliphatic hydroxyl groups is 1. The molecular formula is C8H14BrN4O3+. The molecule has 0 aromatic carbocycles. The van der Waals surface area contributed by atoms with Crippen molar-refractivity contribution in [3.05, 3.63) is 22.5 Å². The SMILES string of the molecule is O=[N+]([O-])C1=NC=C[N@@+]1(CCO)CNCCBr. The molecule has 0 amide bonds. The fraction of sp³-hybridized carbons (Fsp3) is 0.625. The van der Waals surface area contributed by atoms with E-state index in [-0.39, 0.29) is 23.6 Å². The molecule has 0 spiro atoms. The van der Waals surface area contributed by atoms with Gasteiger partial charge in [0.05, 0.1) is 6.61 Å². The van der Waals surface area contributed by atoms with E-state index in [1.54, 1.807) is 6.20 Å². The number of nitrogens with zero attached hydrogens (tertiary/aromatic N) is 3. The number of nitro groups is 1. The molecule has 1 heterocycles. The Kier molecular flexibility index (Phi) is 5.00. The molecule has 0 aliphatic carbocycles. The van der Waals surface area contributed by atoms with E-state index >= 15 is 0 Å². The molecule has 90 valence electrons. The van der Waals surface area contributed by atoms with E-state index in [2.05, 4.69) is 26.2 Å². The van der Waals surface area contributed by atoms with E-state index in [0.717, 1.165) is 5.33 Å². The Morgan fingerprint density at radius 3 is 3.00 bits per heavy atom. The molecule has 0 fully saturated rings. The topological polar surface area (TPSA) is 87.8 Å². The van der Waals surface area contributed by atoms with Gasteiger partial charge in [-0.1, -0.05) is 15.9 Å². The highest BCUT2D eigenvalue weighted by atomic mass is 79.9. The van der Waals surface area contributed by atoms with Crippen LogP contribution in [0.15, 0.2) is 17.4 Å². The summed E-state index contributed by atoms with van der Waals surface area (Å²) in [6.45, 7) is 1.16. The van der Waals surface area contributed by atoms with Gasteiger partial charge in [-0.15, -0.1) is 0 Å². The summed E-state index contributed by atoms with van der Waals surface area (Å²) in [5.41, 5.74) is 0. The van der Waals surface area contributed by atoms with E-state index in [4.69, 9.17) is 5.11 Å². The normalized spacial score (nSPS) is 23.5. The van der Waals surface area contributed by atoms with Crippen LogP contribution in [0.2, 0.25) is 0 Å². The van der Waals surface area contributed by atoms with Gasteiger partial charge in [0.2, 0.25) is 0 Å². The molecule has 0 bridgehead atoms. The van der Waals surface area contributed by atoms with E-state index in [1.807, 2.05) is 0 Å². The number of aliphatic imine (C=N–C) groups is 1. The van der Waals surface area contributed by atoms with Gasteiger partial charge >= 0.3 is 5.96 Å². The maximum atomic E-state index is 10.8. The average Bonchev–Trinajstić information content (AvgIpc) is 2.63. The van der Waals surface area contributed by atoms with Crippen LogP contribution in [0.3, 0.4) is 0 Å². The number of rotatable bonds is 6. The molecular weight excluding hydrogens is 280 g/mol. The monoisotopic (exact) mass is 293 g/mol. The molecule has 0 aromatic heterocycles. The molecule has 8 heteroatoms. The van der Waals surface area contributed by atoms with E-state index in [0.29, 0.717) is 13.2 Å². The first-order valence-corrected chi connectivity index (χ1v) is 5.93. The molecule has 1 atom stereocenters. The third-order valence-corrected chi connectivity index (χ3v) is 2.66. The molecule has 0 unspecified atom stereocenters. The summed E-state index contributed by atoms with van der Waals surface area (Å²) in [6, 6.07) is 0. The molecule has 0 radical (unpaired) electrons. The van der Waals surface area contributed by atoms with Crippen LogP contribution >= 0.6 is 15.9 Å². The Morgan fingerprint density at radius 1 is 1.69 bits per heavy atom. The lowest BCUT2D eigenvalue weighted by Crippen LogP contribution is -2.56. The quantitative estimate of drug-likeness (QED) is 0.234. The number of alkyl halides is 1. The molecule has 0 saturated heterocycles. The first kappa shape index (κ1) is 13.2. The van der Waals surface area contributed by atoms with Crippen LogP contribution in [0.5, 0.6) is 0 Å². The zero-order valence-electron chi connectivity index (χ0n) is 8.67. The van der Waals surface area contributed by atoms with Crippen molar-refractivity contribution in [3.63, 3.8) is 0 Å². The van der Waals surface area contributed by atoms with Gasteiger partial charge in [0.15, 0.2) is 12.4 Å². The smallest absolute Gasteiger partial charge is 0.390 e. The summed E-state index contributed by atoms with van der Waals surface area (Å²) in [5, 5.41) is 23.6. The maximum absolute atomic E-state index is 10.8. The minimum absolute atomic E-state index is 0.0590. The first-order chi connectivity index (χ1) is 7.66. The first-order valence-electron chi connectivity index (χ1n) is 4.81. The van der Waals surface area contributed by atoms with Crippen molar-refractivity contribution in [1.29, 1.82) is 0 Å². The van der Waals surface area contributed by atoms with Crippen molar-refractivity contribution >= 4 is 21.9 Å². The minimum Gasteiger partial charge on any atom is -0.390 e. The molecule has 2 N–H and O–H groups in total. The summed E-state index contributed by atoms with van der Waals surface area (Å²) in [7, 11) is 0. The van der Waals surface area contributed by atoms with Crippen molar-refractivity contribution in [2.45, 2.75) is 0 Å². The molecule has 1 aliphatic rings. The van der Waals surface area contributed by atoms with Gasteiger partial charge in [0.1, 0.15) is 13.2 Å². The lowest BCUT2D eigenvalue weighted by atomic mass is 10.4. The Hall–Kier alpha value is -0.830. The second-order valence-electron chi connectivity index (χ2n) is 3.31. The van der Waals surface area contributed by atoms with Gasteiger partial charge in [-0.3, -0.25) is 5.32 Å². The highest BCUT2D eigenvalue weighted by molar-refractivity contribution is 9.09.